The fraction of sp³-hybridized carbons (Fsp3) is 0.136. The van der Waals surface area contributed by atoms with Gasteiger partial charge in [0, 0.05) is 30.2 Å². The predicted octanol–water partition coefficient (Wildman–Crippen LogP) is 5.25. The molecule has 3 aromatic rings. The van der Waals surface area contributed by atoms with Gasteiger partial charge in [-0.2, -0.15) is 0 Å². The first-order valence-electron chi connectivity index (χ1n) is 8.77. The Morgan fingerprint density at radius 1 is 0.852 bits per heavy atom. The monoisotopic (exact) mass is 380 g/mol. The molecular formula is C22H21ClN2O2. The van der Waals surface area contributed by atoms with Crippen molar-refractivity contribution in [2.45, 2.75) is 13.0 Å². The number of ether oxygens (including phenoxy) is 1. The van der Waals surface area contributed by atoms with Crippen LogP contribution in [-0.2, 0) is 11.3 Å². The number of benzene rings is 3. The normalized spacial score (nSPS) is 10.4. The molecule has 1 amide bonds. The molecule has 0 aliphatic rings. The SMILES string of the molecule is O=C(CCNCc1ccc(Cl)cc1)Nc1ccc(Oc2ccccc2)cc1. The lowest BCUT2D eigenvalue weighted by molar-refractivity contribution is -0.116. The van der Waals surface area contributed by atoms with Crippen molar-refractivity contribution in [2.24, 2.45) is 0 Å². The molecule has 0 fully saturated rings. The summed E-state index contributed by atoms with van der Waals surface area (Å²) >= 11 is 5.86. The fourth-order valence-corrected chi connectivity index (χ4v) is 2.62. The Morgan fingerprint density at radius 3 is 2.22 bits per heavy atom. The molecule has 0 atom stereocenters. The van der Waals surface area contributed by atoms with Crippen LogP contribution in [0.4, 0.5) is 5.69 Å². The number of hydrogen-bond donors (Lipinski definition) is 2. The van der Waals surface area contributed by atoms with Crippen molar-refractivity contribution in [3.8, 4) is 11.5 Å². The summed E-state index contributed by atoms with van der Waals surface area (Å²) in [6.45, 7) is 1.31. The van der Waals surface area contributed by atoms with Gasteiger partial charge in [0.15, 0.2) is 0 Å². The second-order valence-corrected chi connectivity index (χ2v) is 6.48. The van der Waals surface area contributed by atoms with E-state index in [0.29, 0.717) is 19.5 Å². The van der Waals surface area contributed by atoms with Crippen LogP contribution in [-0.4, -0.2) is 12.5 Å². The van der Waals surface area contributed by atoms with Gasteiger partial charge in [-0.1, -0.05) is 41.9 Å². The number of halogens is 1. The summed E-state index contributed by atoms with van der Waals surface area (Å²) in [6.07, 6.45) is 0.399. The van der Waals surface area contributed by atoms with Crippen LogP contribution in [0.15, 0.2) is 78.9 Å². The first kappa shape index (κ1) is 19.0. The molecule has 0 saturated carbocycles. The molecule has 3 aromatic carbocycles. The minimum atomic E-state index is -0.0321. The molecule has 3 rings (SSSR count). The molecule has 0 aliphatic heterocycles. The summed E-state index contributed by atoms with van der Waals surface area (Å²) in [5, 5.41) is 6.86. The van der Waals surface area contributed by atoms with E-state index in [4.69, 9.17) is 16.3 Å². The van der Waals surface area contributed by atoms with Gasteiger partial charge in [0.1, 0.15) is 11.5 Å². The second-order valence-electron chi connectivity index (χ2n) is 6.04. The lowest BCUT2D eigenvalue weighted by atomic mass is 10.2. The Labute approximate surface area is 164 Å². The van der Waals surface area contributed by atoms with Crippen LogP contribution in [0.2, 0.25) is 5.02 Å². The van der Waals surface area contributed by atoms with Gasteiger partial charge in [0.25, 0.3) is 0 Å². The molecule has 0 radical (unpaired) electrons. The summed E-state index contributed by atoms with van der Waals surface area (Å²) in [5.41, 5.74) is 1.88. The largest absolute Gasteiger partial charge is 0.457 e. The molecular weight excluding hydrogens is 360 g/mol. The van der Waals surface area contributed by atoms with Crippen molar-refractivity contribution < 1.29 is 9.53 Å². The minimum absolute atomic E-state index is 0.0321. The van der Waals surface area contributed by atoms with E-state index in [-0.39, 0.29) is 5.91 Å². The number of amides is 1. The van der Waals surface area contributed by atoms with E-state index in [1.54, 1.807) is 0 Å². The van der Waals surface area contributed by atoms with Crippen molar-refractivity contribution >= 4 is 23.2 Å². The predicted molar refractivity (Wildman–Crippen MR) is 109 cm³/mol. The molecule has 0 unspecified atom stereocenters. The van der Waals surface area contributed by atoms with E-state index in [9.17, 15) is 4.79 Å². The maximum Gasteiger partial charge on any atom is 0.225 e. The van der Waals surface area contributed by atoms with E-state index in [1.165, 1.54) is 0 Å². The summed E-state index contributed by atoms with van der Waals surface area (Å²) < 4.78 is 5.74. The minimum Gasteiger partial charge on any atom is -0.457 e. The maximum atomic E-state index is 12.0. The summed E-state index contributed by atoms with van der Waals surface area (Å²) in [6, 6.07) is 24.6. The molecule has 138 valence electrons. The van der Waals surface area contributed by atoms with Crippen molar-refractivity contribution in [3.63, 3.8) is 0 Å². The van der Waals surface area contributed by atoms with Gasteiger partial charge >= 0.3 is 0 Å². The number of rotatable bonds is 8. The summed E-state index contributed by atoms with van der Waals surface area (Å²) in [4.78, 5) is 12.0. The van der Waals surface area contributed by atoms with Crippen LogP contribution >= 0.6 is 11.6 Å². The van der Waals surface area contributed by atoms with Gasteiger partial charge in [-0.3, -0.25) is 4.79 Å². The van der Waals surface area contributed by atoms with Crippen LogP contribution in [0.25, 0.3) is 0 Å². The number of hydrogen-bond acceptors (Lipinski definition) is 3. The number of carbonyl (C=O) groups excluding carboxylic acids is 1. The van der Waals surface area contributed by atoms with Crippen LogP contribution in [0.1, 0.15) is 12.0 Å². The Hall–Kier alpha value is -2.82. The number of nitrogens with one attached hydrogen (secondary N) is 2. The van der Waals surface area contributed by atoms with E-state index in [1.807, 2.05) is 78.9 Å². The molecule has 4 nitrogen and oxygen atoms in total. The van der Waals surface area contributed by atoms with Crippen LogP contribution in [0.5, 0.6) is 11.5 Å². The van der Waals surface area contributed by atoms with Crippen LogP contribution < -0.4 is 15.4 Å². The number of anilines is 1. The maximum absolute atomic E-state index is 12.0. The molecule has 0 bridgehead atoms. The first-order valence-corrected chi connectivity index (χ1v) is 9.15. The van der Waals surface area contributed by atoms with Crippen LogP contribution in [0.3, 0.4) is 0 Å². The van der Waals surface area contributed by atoms with Crippen molar-refractivity contribution in [3.05, 3.63) is 89.4 Å². The van der Waals surface area contributed by atoms with Crippen molar-refractivity contribution in [1.29, 1.82) is 0 Å². The third-order valence-electron chi connectivity index (χ3n) is 3.89. The molecule has 0 saturated heterocycles. The second kappa shape index (κ2) is 9.76. The lowest BCUT2D eigenvalue weighted by Crippen LogP contribution is -2.21. The highest BCUT2D eigenvalue weighted by Gasteiger charge is 2.03. The average molecular weight is 381 g/mol. The lowest BCUT2D eigenvalue weighted by Gasteiger charge is -2.09. The third kappa shape index (κ3) is 6.44. The van der Waals surface area contributed by atoms with Gasteiger partial charge in [-0.15, -0.1) is 0 Å². The van der Waals surface area contributed by atoms with Crippen molar-refractivity contribution in [2.75, 3.05) is 11.9 Å². The van der Waals surface area contributed by atoms with Crippen LogP contribution in [0, 0.1) is 0 Å². The van der Waals surface area contributed by atoms with Gasteiger partial charge in [-0.25, -0.2) is 0 Å². The molecule has 0 aliphatic carbocycles. The Balaban J connectivity index is 1.39. The summed E-state index contributed by atoms with van der Waals surface area (Å²) in [7, 11) is 0. The highest BCUT2D eigenvalue weighted by molar-refractivity contribution is 6.30. The zero-order chi connectivity index (χ0) is 18.9. The van der Waals surface area contributed by atoms with Gasteiger partial charge in [0.05, 0.1) is 0 Å². The fourth-order valence-electron chi connectivity index (χ4n) is 2.49. The van der Waals surface area contributed by atoms with Gasteiger partial charge in [0.2, 0.25) is 5.91 Å². The summed E-state index contributed by atoms with van der Waals surface area (Å²) in [5.74, 6) is 1.47. The topological polar surface area (TPSA) is 50.4 Å². The zero-order valence-electron chi connectivity index (χ0n) is 14.8. The van der Waals surface area contributed by atoms with Gasteiger partial charge in [-0.05, 0) is 54.1 Å². The van der Waals surface area contributed by atoms with E-state index in [2.05, 4.69) is 10.6 Å². The van der Waals surface area contributed by atoms with E-state index in [0.717, 1.165) is 27.8 Å². The van der Waals surface area contributed by atoms with E-state index >= 15 is 0 Å². The molecule has 27 heavy (non-hydrogen) atoms. The Kier molecular flexibility index (Phi) is 6.85. The third-order valence-corrected chi connectivity index (χ3v) is 4.14. The molecule has 0 spiro atoms. The Morgan fingerprint density at radius 2 is 1.52 bits per heavy atom. The Bertz CT molecular complexity index is 850. The van der Waals surface area contributed by atoms with Gasteiger partial charge < -0.3 is 15.4 Å². The quantitative estimate of drug-likeness (QED) is 0.525. The molecule has 0 aromatic heterocycles. The highest BCUT2D eigenvalue weighted by atomic mass is 35.5. The zero-order valence-corrected chi connectivity index (χ0v) is 15.6. The highest BCUT2D eigenvalue weighted by Crippen LogP contribution is 2.22. The average Bonchev–Trinajstić information content (AvgIpc) is 2.69. The first-order chi connectivity index (χ1) is 13.2. The smallest absolute Gasteiger partial charge is 0.225 e. The molecule has 0 heterocycles. The molecule has 5 heteroatoms. The number of carbonyl (C=O) groups is 1. The molecule has 2 N–H and O–H groups in total. The van der Waals surface area contributed by atoms with Crippen molar-refractivity contribution in [1.82, 2.24) is 5.32 Å². The standard InChI is InChI=1S/C22H21ClN2O2/c23-18-8-6-17(7-9-18)16-24-15-14-22(26)25-19-10-12-21(13-11-19)27-20-4-2-1-3-5-20/h1-13,24H,14-16H2,(H,25,26). The van der Waals surface area contributed by atoms with E-state index < -0.39 is 0 Å². The number of para-hydroxylation sites is 1.